The second-order valence-electron chi connectivity index (χ2n) is 5.22. The first-order valence-electron chi connectivity index (χ1n) is 7.45. The van der Waals surface area contributed by atoms with E-state index in [2.05, 4.69) is 17.4 Å². The van der Waals surface area contributed by atoms with Crippen LogP contribution in [0.2, 0.25) is 0 Å². The van der Waals surface area contributed by atoms with Gasteiger partial charge in [-0.1, -0.05) is 60.7 Å². The summed E-state index contributed by atoms with van der Waals surface area (Å²) < 4.78 is 0. The van der Waals surface area contributed by atoms with Crippen LogP contribution in [0.15, 0.2) is 60.7 Å². The molecule has 1 unspecified atom stereocenters. The summed E-state index contributed by atoms with van der Waals surface area (Å²) in [6.45, 7) is 1.16. The SMILES string of the molecule is O=C[CH]NC(=O)C(CCc1ccccc1)Cc1ccccc1. The summed E-state index contributed by atoms with van der Waals surface area (Å²) in [7, 11) is 0. The number of hydrogen-bond donors (Lipinski definition) is 1. The Labute approximate surface area is 131 Å². The molecule has 0 aliphatic carbocycles. The van der Waals surface area contributed by atoms with Crippen LogP contribution in [-0.2, 0) is 22.4 Å². The van der Waals surface area contributed by atoms with Crippen LogP contribution in [-0.4, -0.2) is 12.2 Å². The summed E-state index contributed by atoms with van der Waals surface area (Å²) in [6.07, 6.45) is 2.85. The van der Waals surface area contributed by atoms with E-state index < -0.39 is 0 Å². The van der Waals surface area contributed by atoms with Gasteiger partial charge < -0.3 is 10.1 Å². The van der Waals surface area contributed by atoms with E-state index in [0.717, 1.165) is 24.9 Å². The third kappa shape index (κ3) is 5.17. The summed E-state index contributed by atoms with van der Waals surface area (Å²) in [4.78, 5) is 22.6. The van der Waals surface area contributed by atoms with Crippen molar-refractivity contribution in [2.75, 3.05) is 0 Å². The van der Waals surface area contributed by atoms with Gasteiger partial charge in [-0.25, -0.2) is 0 Å². The lowest BCUT2D eigenvalue weighted by atomic mass is 9.92. The second-order valence-corrected chi connectivity index (χ2v) is 5.22. The van der Waals surface area contributed by atoms with Crippen molar-refractivity contribution in [1.29, 1.82) is 0 Å². The van der Waals surface area contributed by atoms with E-state index in [4.69, 9.17) is 0 Å². The summed E-state index contributed by atoms with van der Waals surface area (Å²) in [5.41, 5.74) is 2.34. The molecule has 0 aromatic heterocycles. The Bertz CT molecular complexity index is 581. The Hall–Kier alpha value is -2.42. The van der Waals surface area contributed by atoms with E-state index in [1.54, 1.807) is 0 Å². The van der Waals surface area contributed by atoms with Crippen molar-refractivity contribution in [2.45, 2.75) is 19.3 Å². The molecule has 0 spiro atoms. The zero-order chi connectivity index (χ0) is 15.6. The average Bonchev–Trinajstić information content (AvgIpc) is 2.58. The number of hydrogen-bond acceptors (Lipinski definition) is 2. The van der Waals surface area contributed by atoms with Gasteiger partial charge in [-0.15, -0.1) is 0 Å². The minimum absolute atomic E-state index is 0.105. The highest BCUT2D eigenvalue weighted by molar-refractivity contribution is 5.82. The fraction of sp³-hybridized carbons (Fsp3) is 0.211. The normalized spacial score (nSPS) is 11.6. The van der Waals surface area contributed by atoms with Crippen molar-refractivity contribution in [2.24, 2.45) is 5.92 Å². The molecule has 2 aromatic rings. The minimum Gasteiger partial charge on any atom is -0.344 e. The molecule has 3 nitrogen and oxygen atoms in total. The third-order valence-corrected chi connectivity index (χ3v) is 3.61. The predicted molar refractivity (Wildman–Crippen MR) is 86.9 cm³/mol. The Balaban J connectivity index is 2.00. The second kappa shape index (κ2) is 8.78. The average molecular weight is 294 g/mol. The van der Waals surface area contributed by atoms with Crippen LogP contribution in [0.1, 0.15) is 17.5 Å². The number of benzene rings is 2. The van der Waals surface area contributed by atoms with E-state index in [-0.39, 0.29) is 11.8 Å². The third-order valence-electron chi connectivity index (χ3n) is 3.61. The van der Waals surface area contributed by atoms with Crippen LogP contribution in [0.5, 0.6) is 0 Å². The zero-order valence-electron chi connectivity index (χ0n) is 12.4. The summed E-state index contributed by atoms with van der Waals surface area (Å²) in [5.74, 6) is -0.259. The maximum atomic E-state index is 12.2. The summed E-state index contributed by atoms with van der Waals surface area (Å²) in [5, 5.41) is 2.56. The highest BCUT2D eigenvalue weighted by atomic mass is 16.2. The largest absolute Gasteiger partial charge is 0.344 e. The molecule has 0 bridgehead atoms. The molecule has 2 aromatic carbocycles. The van der Waals surface area contributed by atoms with Crippen LogP contribution in [0.25, 0.3) is 0 Å². The molecule has 113 valence electrons. The lowest BCUT2D eigenvalue weighted by Crippen LogP contribution is -2.31. The van der Waals surface area contributed by atoms with Crippen LogP contribution < -0.4 is 5.32 Å². The Morgan fingerprint density at radius 2 is 1.55 bits per heavy atom. The zero-order valence-corrected chi connectivity index (χ0v) is 12.4. The van der Waals surface area contributed by atoms with Gasteiger partial charge in [0.1, 0.15) is 12.8 Å². The number of rotatable bonds is 8. The Kier molecular flexibility index (Phi) is 6.37. The van der Waals surface area contributed by atoms with Crippen LogP contribution >= 0.6 is 0 Å². The number of amides is 1. The molecule has 0 saturated heterocycles. The van der Waals surface area contributed by atoms with Gasteiger partial charge in [-0.3, -0.25) is 4.79 Å². The van der Waals surface area contributed by atoms with Crippen molar-refractivity contribution < 1.29 is 9.59 Å². The number of nitrogens with one attached hydrogen (secondary N) is 1. The Morgan fingerprint density at radius 3 is 2.14 bits per heavy atom. The molecule has 0 aliphatic rings. The highest BCUT2D eigenvalue weighted by Crippen LogP contribution is 2.16. The molecule has 0 heterocycles. The molecule has 1 amide bonds. The smallest absolute Gasteiger partial charge is 0.224 e. The topological polar surface area (TPSA) is 46.2 Å². The van der Waals surface area contributed by atoms with Crippen molar-refractivity contribution in [1.82, 2.24) is 5.32 Å². The summed E-state index contributed by atoms with van der Waals surface area (Å²) in [6, 6.07) is 20.1. The molecule has 0 fully saturated rings. The van der Waals surface area contributed by atoms with Crippen molar-refractivity contribution in [3.8, 4) is 0 Å². The molecular weight excluding hydrogens is 274 g/mol. The summed E-state index contributed by atoms with van der Waals surface area (Å²) >= 11 is 0. The van der Waals surface area contributed by atoms with Crippen LogP contribution in [0.4, 0.5) is 0 Å². The fourth-order valence-corrected chi connectivity index (χ4v) is 2.44. The molecular formula is C19H20NO2. The standard InChI is InChI=1S/C19H20NO2/c21-14-13-20-19(22)18(15-17-9-5-2-6-10-17)12-11-16-7-3-1-4-8-16/h1-10,13-14,18H,11-12,15H2,(H,20,22). The van der Waals surface area contributed by atoms with Gasteiger partial charge >= 0.3 is 0 Å². The molecule has 0 saturated carbocycles. The molecule has 22 heavy (non-hydrogen) atoms. The van der Waals surface area contributed by atoms with E-state index in [9.17, 15) is 9.59 Å². The maximum absolute atomic E-state index is 12.2. The first-order valence-corrected chi connectivity index (χ1v) is 7.45. The van der Waals surface area contributed by atoms with Gasteiger partial charge in [0.25, 0.3) is 0 Å². The number of aryl methyl sites for hydroxylation is 1. The molecule has 1 N–H and O–H groups in total. The molecule has 2 rings (SSSR count). The Morgan fingerprint density at radius 1 is 0.955 bits per heavy atom. The molecule has 3 heteroatoms. The van der Waals surface area contributed by atoms with E-state index in [1.165, 1.54) is 5.56 Å². The minimum atomic E-state index is -0.154. The van der Waals surface area contributed by atoms with Crippen LogP contribution in [0, 0.1) is 12.5 Å². The van der Waals surface area contributed by atoms with Crippen LogP contribution in [0.3, 0.4) is 0 Å². The first-order chi connectivity index (χ1) is 10.8. The number of carbonyl (C=O) groups excluding carboxylic acids is 2. The van der Waals surface area contributed by atoms with E-state index in [0.29, 0.717) is 12.7 Å². The van der Waals surface area contributed by atoms with Gasteiger partial charge in [-0.05, 0) is 30.4 Å². The van der Waals surface area contributed by atoms with Crippen molar-refractivity contribution in [3.05, 3.63) is 78.3 Å². The monoisotopic (exact) mass is 294 g/mol. The molecule has 1 radical (unpaired) electrons. The lowest BCUT2D eigenvalue weighted by Gasteiger charge is -2.16. The number of aldehydes is 1. The molecule has 0 aliphatic heterocycles. The number of carbonyl (C=O) groups is 2. The van der Waals surface area contributed by atoms with Crippen molar-refractivity contribution in [3.63, 3.8) is 0 Å². The quantitative estimate of drug-likeness (QED) is 0.761. The van der Waals surface area contributed by atoms with Gasteiger partial charge in [0.05, 0.1) is 0 Å². The van der Waals surface area contributed by atoms with Gasteiger partial charge in [0.15, 0.2) is 0 Å². The predicted octanol–water partition coefficient (Wildman–Crippen LogP) is 2.95. The van der Waals surface area contributed by atoms with Gasteiger partial charge in [0.2, 0.25) is 5.91 Å². The lowest BCUT2D eigenvalue weighted by molar-refractivity contribution is -0.125. The first kappa shape index (κ1) is 16.0. The molecule has 1 atom stereocenters. The van der Waals surface area contributed by atoms with Crippen molar-refractivity contribution >= 4 is 12.2 Å². The van der Waals surface area contributed by atoms with Gasteiger partial charge in [-0.2, -0.15) is 0 Å². The maximum Gasteiger partial charge on any atom is 0.224 e. The fourth-order valence-electron chi connectivity index (χ4n) is 2.44. The highest BCUT2D eigenvalue weighted by Gasteiger charge is 2.18. The van der Waals surface area contributed by atoms with E-state index >= 15 is 0 Å². The van der Waals surface area contributed by atoms with E-state index in [1.807, 2.05) is 48.5 Å². The van der Waals surface area contributed by atoms with Gasteiger partial charge in [0, 0.05) is 5.92 Å².